The molecule has 1 nitrogen and oxygen atoms in total. The lowest BCUT2D eigenvalue weighted by Crippen LogP contribution is -2.08. The molecule has 0 N–H and O–H groups in total. The highest BCUT2D eigenvalue weighted by Gasteiger charge is 2.58. The highest BCUT2D eigenvalue weighted by Crippen LogP contribution is 2.65. The van der Waals surface area contributed by atoms with E-state index in [0.29, 0.717) is 5.41 Å². The quantitative estimate of drug-likeness (QED) is 0.719. The fourth-order valence-electron chi connectivity index (χ4n) is 4.28. The number of rotatable bonds is 1. The van der Waals surface area contributed by atoms with E-state index in [0.717, 1.165) is 5.92 Å². The Kier molecular flexibility index (Phi) is 2.57. The van der Waals surface area contributed by atoms with E-state index in [-0.39, 0.29) is 0 Å². The second-order valence-corrected chi connectivity index (χ2v) is 5.75. The van der Waals surface area contributed by atoms with Gasteiger partial charge in [0.25, 0.3) is 0 Å². The maximum atomic E-state index is 8.00. The van der Waals surface area contributed by atoms with Crippen LogP contribution < -0.4 is 0 Å². The third kappa shape index (κ3) is 1.48. The van der Waals surface area contributed by atoms with Crippen LogP contribution in [0.3, 0.4) is 0 Å². The molecule has 0 heterocycles. The summed E-state index contributed by atoms with van der Waals surface area (Å²) < 4.78 is 0. The van der Waals surface area contributed by atoms with Gasteiger partial charge in [-0.25, -0.2) is 0 Å². The molecule has 1 aromatic rings. The lowest BCUT2D eigenvalue weighted by Gasteiger charge is -2.17. The molecule has 0 spiro atoms. The molecule has 0 aliphatic heterocycles. The number of fused-ring (bicyclic) bond motifs is 2. The molecular formula is C16H20O. The molecule has 2 fully saturated rings. The van der Waals surface area contributed by atoms with Crippen molar-refractivity contribution in [3.63, 3.8) is 0 Å². The molecule has 0 bridgehead atoms. The smallest absolute Gasteiger partial charge is 0.106 e. The van der Waals surface area contributed by atoms with E-state index < -0.39 is 0 Å². The van der Waals surface area contributed by atoms with E-state index in [2.05, 4.69) is 18.2 Å². The summed E-state index contributed by atoms with van der Waals surface area (Å²) in [5.74, 6) is 1.06. The highest BCUT2D eigenvalue weighted by atomic mass is 16.1. The highest BCUT2D eigenvalue weighted by molar-refractivity contribution is 5.47. The third-order valence-corrected chi connectivity index (χ3v) is 5.09. The number of aryl methyl sites for hydroxylation is 1. The van der Waals surface area contributed by atoms with Crippen LogP contribution in [0.15, 0.2) is 18.2 Å². The first-order valence-electron chi connectivity index (χ1n) is 6.80. The number of hydrogen-bond donors (Lipinski definition) is 0. The molecule has 17 heavy (non-hydrogen) atoms. The van der Waals surface area contributed by atoms with Crippen LogP contribution in [0.2, 0.25) is 0 Å². The van der Waals surface area contributed by atoms with Crippen LogP contribution >= 0.6 is 0 Å². The predicted molar refractivity (Wildman–Crippen MR) is 69.2 cm³/mol. The van der Waals surface area contributed by atoms with Gasteiger partial charge in [-0.05, 0) is 66.5 Å². The van der Waals surface area contributed by atoms with Gasteiger partial charge in [0.15, 0.2) is 0 Å². The monoisotopic (exact) mass is 228 g/mol. The number of hydrogen-bond acceptors (Lipinski definition) is 1. The van der Waals surface area contributed by atoms with Crippen molar-refractivity contribution in [3.05, 3.63) is 34.9 Å². The lowest BCUT2D eigenvalue weighted by atomic mass is 9.87. The molecular weight excluding hydrogens is 208 g/mol. The molecule has 4 rings (SSSR count). The number of carbonyl (C=O) groups is 1. The van der Waals surface area contributed by atoms with Gasteiger partial charge in [-0.3, -0.25) is 0 Å². The Morgan fingerprint density at radius 3 is 2.76 bits per heavy atom. The van der Waals surface area contributed by atoms with Gasteiger partial charge in [-0.2, -0.15) is 0 Å². The molecule has 1 aromatic carbocycles. The van der Waals surface area contributed by atoms with Gasteiger partial charge in [0.1, 0.15) is 6.79 Å². The second kappa shape index (κ2) is 3.97. The van der Waals surface area contributed by atoms with Crippen molar-refractivity contribution in [1.82, 2.24) is 0 Å². The van der Waals surface area contributed by atoms with Crippen LogP contribution in [-0.2, 0) is 23.1 Å². The summed E-state index contributed by atoms with van der Waals surface area (Å²) in [5, 5.41) is 0. The average molecular weight is 228 g/mol. The van der Waals surface area contributed by atoms with E-state index in [1.807, 2.05) is 6.79 Å². The van der Waals surface area contributed by atoms with Gasteiger partial charge in [-0.1, -0.05) is 24.6 Å². The van der Waals surface area contributed by atoms with Crippen LogP contribution in [-0.4, -0.2) is 6.79 Å². The normalized spacial score (nSPS) is 32.4. The molecule has 2 atom stereocenters. The van der Waals surface area contributed by atoms with Crippen molar-refractivity contribution >= 4 is 6.79 Å². The summed E-state index contributed by atoms with van der Waals surface area (Å²) in [4.78, 5) is 8.00. The molecule has 2 saturated carbocycles. The van der Waals surface area contributed by atoms with Crippen LogP contribution in [0, 0.1) is 5.92 Å². The first-order valence-corrected chi connectivity index (χ1v) is 6.80. The number of carbonyl (C=O) groups excluding carboxylic acids is 1. The van der Waals surface area contributed by atoms with E-state index in [9.17, 15) is 0 Å². The minimum Gasteiger partial charge on any atom is -0.307 e. The van der Waals surface area contributed by atoms with E-state index in [4.69, 9.17) is 4.79 Å². The number of benzene rings is 1. The Hall–Kier alpha value is -1.11. The Bertz CT molecular complexity index is 437. The van der Waals surface area contributed by atoms with Gasteiger partial charge in [-0.15, -0.1) is 0 Å². The van der Waals surface area contributed by atoms with Gasteiger partial charge < -0.3 is 4.79 Å². The molecule has 2 unspecified atom stereocenters. The minimum atomic E-state index is 0.676. The van der Waals surface area contributed by atoms with E-state index in [1.165, 1.54) is 44.9 Å². The van der Waals surface area contributed by atoms with E-state index >= 15 is 0 Å². The van der Waals surface area contributed by atoms with Gasteiger partial charge >= 0.3 is 0 Å². The Morgan fingerprint density at radius 1 is 1.18 bits per heavy atom. The van der Waals surface area contributed by atoms with Crippen molar-refractivity contribution in [2.75, 3.05) is 0 Å². The lowest BCUT2D eigenvalue weighted by molar-refractivity contribution is -0.0979. The first kappa shape index (κ1) is 11.0. The zero-order valence-corrected chi connectivity index (χ0v) is 10.4. The Balaban J connectivity index is 0.000000431. The zero-order valence-electron chi connectivity index (χ0n) is 10.4. The summed E-state index contributed by atoms with van der Waals surface area (Å²) >= 11 is 0. The van der Waals surface area contributed by atoms with Crippen molar-refractivity contribution in [2.24, 2.45) is 5.92 Å². The minimum absolute atomic E-state index is 0.676. The maximum Gasteiger partial charge on any atom is 0.106 e. The summed E-state index contributed by atoms with van der Waals surface area (Å²) in [6.45, 7) is 2.00. The topological polar surface area (TPSA) is 17.1 Å². The fourth-order valence-corrected chi connectivity index (χ4v) is 4.28. The summed E-state index contributed by atoms with van der Waals surface area (Å²) in [6, 6.07) is 7.10. The third-order valence-electron chi connectivity index (χ3n) is 5.09. The largest absolute Gasteiger partial charge is 0.307 e. The predicted octanol–water partition coefficient (Wildman–Crippen LogP) is 3.43. The average Bonchev–Trinajstić information content (AvgIpc) is 2.80. The SMILES string of the molecule is C=O.c1cc2c(c(C34CCCC3C4)c1)CCC2. The Morgan fingerprint density at radius 2 is 2.06 bits per heavy atom. The molecule has 3 aliphatic rings. The van der Waals surface area contributed by atoms with E-state index in [1.54, 1.807) is 16.7 Å². The molecule has 0 aromatic heterocycles. The summed E-state index contributed by atoms with van der Waals surface area (Å²) in [7, 11) is 0. The first-order chi connectivity index (χ1) is 8.40. The molecule has 0 amide bonds. The molecule has 1 heteroatoms. The van der Waals surface area contributed by atoms with Crippen LogP contribution in [0.25, 0.3) is 0 Å². The zero-order chi connectivity index (χ0) is 11.9. The fraction of sp³-hybridized carbons (Fsp3) is 0.562. The maximum absolute atomic E-state index is 8.00. The molecule has 0 radical (unpaired) electrons. The van der Waals surface area contributed by atoms with Crippen molar-refractivity contribution < 1.29 is 4.79 Å². The summed E-state index contributed by atoms with van der Waals surface area (Å²) in [5.41, 5.74) is 5.86. The van der Waals surface area contributed by atoms with Gasteiger partial charge in [0.05, 0.1) is 0 Å². The van der Waals surface area contributed by atoms with Gasteiger partial charge in [0, 0.05) is 0 Å². The summed E-state index contributed by atoms with van der Waals surface area (Å²) in [6.07, 6.45) is 10.1. The van der Waals surface area contributed by atoms with Gasteiger partial charge in [0.2, 0.25) is 0 Å². The van der Waals surface area contributed by atoms with Crippen molar-refractivity contribution in [2.45, 2.75) is 50.4 Å². The second-order valence-electron chi connectivity index (χ2n) is 5.75. The Labute approximate surface area is 103 Å². The molecule has 3 aliphatic carbocycles. The van der Waals surface area contributed by atoms with Crippen LogP contribution in [0.5, 0.6) is 0 Å². The van der Waals surface area contributed by atoms with Crippen molar-refractivity contribution in [1.29, 1.82) is 0 Å². The standard InChI is InChI=1S/C15H18.CH2O/c1-4-11-5-2-8-14(13(11)7-1)15-9-3-6-12(15)10-15;1-2/h2,5,8,12H,1,3-4,6-7,9-10H2;1H2. The van der Waals surface area contributed by atoms with Crippen LogP contribution in [0.4, 0.5) is 0 Å². The molecule has 90 valence electrons. The van der Waals surface area contributed by atoms with Crippen LogP contribution in [0.1, 0.15) is 48.8 Å². The molecule has 0 saturated heterocycles. The van der Waals surface area contributed by atoms with Crippen molar-refractivity contribution in [3.8, 4) is 0 Å².